The fraction of sp³-hybridized carbons (Fsp3) is 0.182. The second-order valence-corrected chi connectivity index (χ2v) is 3.59. The van der Waals surface area contributed by atoms with Crippen molar-refractivity contribution in [2.24, 2.45) is 0 Å². The van der Waals surface area contributed by atoms with Crippen molar-refractivity contribution >= 4 is 5.69 Å². The number of anilines is 1. The first-order chi connectivity index (χ1) is 7.50. The van der Waals surface area contributed by atoms with Gasteiger partial charge in [0.1, 0.15) is 11.5 Å². The summed E-state index contributed by atoms with van der Waals surface area (Å²) >= 11 is 0. The molecule has 1 aromatic heterocycles. The first-order valence-corrected chi connectivity index (χ1v) is 4.78. The summed E-state index contributed by atoms with van der Waals surface area (Å²) in [5.41, 5.74) is 7.72. The SMILES string of the molecule is Cc1nn(-c2ccc(F)cc2F)c(C)c1N. The Bertz CT molecular complexity index is 546. The van der Waals surface area contributed by atoms with Crippen molar-refractivity contribution < 1.29 is 8.78 Å². The molecule has 0 atom stereocenters. The Balaban J connectivity index is 2.63. The van der Waals surface area contributed by atoms with Gasteiger partial charge in [-0.05, 0) is 26.0 Å². The smallest absolute Gasteiger partial charge is 0.151 e. The van der Waals surface area contributed by atoms with Crippen LogP contribution < -0.4 is 5.73 Å². The molecular weight excluding hydrogens is 212 g/mol. The summed E-state index contributed by atoms with van der Waals surface area (Å²) < 4.78 is 27.6. The highest BCUT2D eigenvalue weighted by Gasteiger charge is 2.13. The molecule has 0 radical (unpaired) electrons. The van der Waals surface area contributed by atoms with E-state index < -0.39 is 11.6 Å². The summed E-state index contributed by atoms with van der Waals surface area (Å²) in [6.07, 6.45) is 0. The Morgan fingerprint density at radius 1 is 1.25 bits per heavy atom. The number of aryl methyl sites for hydroxylation is 1. The zero-order chi connectivity index (χ0) is 11.9. The van der Waals surface area contributed by atoms with Gasteiger partial charge in [-0.1, -0.05) is 0 Å². The van der Waals surface area contributed by atoms with Crippen LogP contribution in [0.3, 0.4) is 0 Å². The molecule has 0 saturated carbocycles. The van der Waals surface area contributed by atoms with Gasteiger partial charge in [-0.3, -0.25) is 0 Å². The van der Waals surface area contributed by atoms with Crippen molar-refractivity contribution in [2.75, 3.05) is 5.73 Å². The van der Waals surface area contributed by atoms with Crippen LogP contribution in [0.1, 0.15) is 11.4 Å². The van der Waals surface area contributed by atoms with Crippen molar-refractivity contribution in [3.05, 3.63) is 41.2 Å². The fourth-order valence-corrected chi connectivity index (χ4v) is 1.54. The maximum atomic E-state index is 13.5. The zero-order valence-electron chi connectivity index (χ0n) is 8.96. The summed E-state index contributed by atoms with van der Waals surface area (Å²) in [7, 11) is 0. The van der Waals surface area contributed by atoms with E-state index in [4.69, 9.17) is 5.73 Å². The third-order valence-corrected chi connectivity index (χ3v) is 2.49. The van der Waals surface area contributed by atoms with Crippen LogP contribution >= 0.6 is 0 Å². The normalized spacial score (nSPS) is 10.8. The summed E-state index contributed by atoms with van der Waals surface area (Å²) in [6.45, 7) is 3.47. The van der Waals surface area contributed by atoms with Gasteiger partial charge >= 0.3 is 0 Å². The lowest BCUT2D eigenvalue weighted by Gasteiger charge is -2.05. The van der Waals surface area contributed by atoms with Gasteiger partial charge in [0.2, 0.25) is 0 Å². The molecule has 0 fully saturated rings. The Kier molecular flexibility index (Phi) is 2.38. The minimum absolute atomic E-state index is 0.193. The molecule has 1 heterocycles. The minimum Gasteiger partial charge on any atom is -0.396 e. The van der Waals surface area contributed by atoms with Crippen LogP contribution in [-0.4, -0.2) is 9.78 Å². The number of halogens is 2. The molecule has 0 aliphatic carbocycles. The monoisotopic (exact) mass is 223 g/mol. The number of benzene rings is 1. The molecule has 0 spiro atoms. The van der Waals surface area contributed by atoms with Crippen LogP contribution in [0.15, 0.2) is 18.2 Å². The summed E-state index contributed by atoms with van der Waals surface area (Å²) in [5, 5.41) is 4.10. The van der Waals surface area contributed by atoms with Crippen LogP contribution in [0.25, 0.3) is 5.69 Å². The van der Waals surface area contributed by atoms with Gasteiger partial charge in [0.25, 0.3) is 0 Å². The van der Waals surface area contributed by atoms with E-state index in [1.165, 1.54) is 16.8 Å². The lowest BCUT2D eigenvalue weighted by Crippen LogP contribution is -2.02. The third-order valence-electron chi connectivity index (χ3n) is 2.49. The maximum absolute atomic E-state index is 13.5. The van der Waals surface area contributed by atoms with Crippen molar-refractivity contribution in [2.45, 2.75) is 13.8 Å². The molecular formula is C11H11F2N3. The summed E-state index contributed by atoms with van der Waals surface area (Å²) in [6, 6.07) is 3.34. The molecule has 1 aromatic carbocycles. The third kappa shape index (κ3) is 1.54. The van der Waals surface area contributed by atoms with Gasteiger partial charge in [-0.15, -0.1) is 0 Å². The molecule has 3 nitrogen and oxygen atoms in total. The molecule has 84 valence electrons. The topological polar surface area (TPSA) is 43.8 Å². The van der Waals surface area contributed by atoms with Crippen molar-refractivity contribution in [1.29, 1.82) is 0 Å². The van der Waals surface area contributed by atoms with Crippen LogP contribution in [-0.2, 0) is 0 Å². The van der Waals surface area contributed by atoms with Gasteiger partial charge in [-0.2, -0.15) is 5.10 Å². The standard InChI is InChI=1S/C11H11F2N3/c1-6-11(14)7(2)16(15-6)10-4-3-8(12)5-9(10)13/h3-5H,14H2,1-2H3. The highest BCUT2D eigenvalue weighted by Crippen LogP contribution is 2.21. The van der Waals surface area contributed by atoms with Crippen LogP contribution in [0.5, 0.6) is 0 Å². The average Bonchev–Trinajstić information content (AvgIpc) is 2.46. The number of hydrogen-bond donors (Lipinski definition) is 1. The Labute approximate surface area is 91.5 Å². The Morgan fingerprint density at radius 3 is 2.44 bits per heavy atom. The average molecular weight is 223 g/mol. The second kappa shape index (κ2) is 3.59. The molecule has 0 bridgehead atoms. The molecule has 16 heavy (non-hydrogen) atoms. The summed E-state index contributed by atoms with van der Waals surface area (Å²) in [5.74, 6) is -1.28. The van der Waals surface area contributed by atoms with E-state index in [0.29, 0.717) is 17.1 Å². The maximum Gasteiger partial charge on any atom is 0.151 e. The molecule has 0 saturated heterocycles. The lowest BCUT2D eigenvalue weighted by atomic mass is 10.3. The molecule has 0 unspecified atom stereocenters. The van der Waals surface area contributed by atoms with Crippen LogP contribution in [0, 0.1) is 25.5 Å². The van der Waals surface area contributed by atoms with E-state index in [1.807, 2.05) is 0 Å². The fourth-order valence-electron chi connectivity index (χ4n) is 1.54. The molecule has 0 aliphatic rings. The van der Waals surface area contributed by atoms with E-state index >= 15 is 0 Å². The van der Waals surface area contributed by atoms with E-state index in [0.717, 1.165) is 6.07 Å². The minimum atomic E-state index is -0.661. The zero-order valence-corrected chi connectivity index (χ0v) is 8.96. The van der Waals surface area contributed by atoms with Crippen molar-refractivity contribution in [1.82, 2.24) is 9.78 Å². The molecule has 0 aliphatic heterocycles. The van der Waals surface area contributed by atoms with Gasteiger partial charge in [-0.25, -0.2) is 13.5 Å². The van der Waals surface area contributed by atoms with E-state index in [9.17, 15) is 8.78 Å². The Hall–Kier alpha value is -1.91. The van der Waals surface area contributed by atoms with Crippen LogP contribution in [0.2, 0.25) is 0 Å². The Morgan fingerprint density at radius 2 is 1.94 bits per heavy atom. The van der Waals surface area contributed by atoms with Crippen molar-refractivity contribution in [3.63, 3.8) is 0 Å². The number of aromatic nitrogens is 2. The largest absolute Gasteiger partial charge is 0.396 e. The first-order valence-electron chi connectivity index (χ1n) is 4.78. The van der Waals surface area contributed by atoms with Gasteiger partial charge in [0, 0.05) is 6.07 Å². The number of nitrogens with zero attached hydrogens (tertiary/aromatic N) is 2. The van der Waals surface area contributed by atoms with Crippen molar-refractivity contribution in [3.8, 4) is 5.69 Å². The molecule has 2 rings (SSSR count). The quantitative estimate of drug-likeness (QED) is 0.806. The number of hydrogen-bond acceptors (Lipinski definition) is 2. The van der Waals surface area contributed by atoms with E-state index in [2.05, 4.69) is 5.10 Å². The molecule has 5 heteroatoms. The lowest BCUT2D eigenvalue weighted by molar-refractivity contribution is 0.572. The van der Waals surface area contributed by atoms with Gasteiger partial charge in [0.05, 0.1) is 17.1 Å². The van der Waals surface area contributed by atoms with E-state index in [1.54, 1.807) is 13.8 Å². The second-order valence-electron chi connectivity index (χ2n) is 3.59. The predicted octanol–water partition coefficient (Wildman–Crippen LogP) is 2.35. The molecule has 0 amide bonds. The highest BCUT2D eigenvalue weighted by atomic mass is 19.1. The predicted molar refractivity (Wildman–Crippen MR) is 57.4 cm³/mol. The first kappa shape index (κ1) is 10.6. The highest BCUT2D eigenvalue weighted by molar-refractivity contribution is 5.50. The molecule has 2 aromatic rings. The van der Waals surface area contributed by atoms with Gasteiger partial charge < -0.3 is 5.73 Å². The van der Waals surface area contributed by atoms with Crippen LogP contribution in [0.4, 0.5) is 14.5 Å². The molecule has 2 N–H and O–H groups in total. The van der Waals surface area contributed by atoms with E-state index in [-0.39, 0.29) is 5.69 Å². The van der Waals surface area contributed by atoms with Gasteiger partial charge in [0.15, 0.2) is 5.82 Å². The summed E-state index contributed by atoms with van der Waals surface area (Å²) in [4.78, 5) is 0. The number of rotatable bonds is 1. The number of nitrogens with two attached hydrogens (primary N) is 1. The number of nitrogen functional groups attached to an aromatic ring is 1.